The SMILES string of the molecule is COc1ccc(Br)cc1-c1c(S(=O)(=O)Oc2c(F)c(F)c(F)c(F)c2F)ccc2[nH]c(=O)ccc12. The molecule has 1 heterocycles. The molecule has 35 heavy (non-hydrogen) atoms. The van der Waals surface area contributed by atoms with Crippen LogP contribution in [0.5, 0.6) is 11.5 Å². The van der Waals surface area contributed by atoms with Gasteiger partial charge in [0.1, 0.15) is 10.6 Å². The molecule has 0 unspecified atom stereocenters. The van der Waals surface area contributed by atoms with Crippen LogP contribution in [0.1, 0.15) is 0 Å². The topological polar surface area (TPSA) is 85.5 Å². The quantitative estimate of drug-likeness (QED) is 0.148. The summed E-state index contributed by atoms with van der Waals surface area (Å²) in [6, 6.07) is 9.09. The van der Waals surface area contributed by atoms with Crippen molar-refractivity contribution in [2.75, 3.05) is 7.11 Å². The van der Waals surface area contributed by atoms with E-state index in [0.717, 1.165) is 12.1 Å². The van der Waals surface area contributed by atoms with Crippen molar-refractivity contribution in [1.29, 1.82) is 0 Å². The number of methoxy groups -OCH3 is 1. The third-order valence-electron chi connectivity index (χ3n) is 4.93. The fourth-order valence-corrected chi connectivity index (χ4v) is 4.91. The highest BCUT2D eigenvalue weighted by molar-refractivity contribution is 9.10. The van der Waals surface area contributed by atoms with Crippen molar-refractivity contribution in [2.45, 2.75) is 4.90 Å². The molecule has 6 nitrogen and oxygen atoms in total. The zero-order valence-electron chi connectivity index (χ0n) is 17.3. The number of aromatic nitrogens is 1. The van der Waals surface area contributed by atoms with Crippen LogP contribution >= 0.6 is 15.9 Å². The smallest absolute Gasteiger partial charge is 0.340 e. The molecule has 0 aliphatic heterocycles. The van der Waals surface area contributed by atoms with E-state index < -0.39 is 55.4 Å². The predicted molar refractivity (Wildman–Crippen MR) is 118 cm³/mol. The summed E-state index contributed by atoms with van der Waals surface area (Å²) in [5, 5.41) is 0.156. The van der Waals surface area contributed by atoms with Gasteiger partial charge < -0.3 is 13.9 Å². The number of fused-ring (bicyclic) bond motifs is 1. The largest absolute Gasteiger partial charge is 0.496 e. The number of pyridine rings is 1. The van der Waals surface area contributed by atoms with Crippen LogP contribution in [0.15, 0.2) is 56.6 Å². The lowest BCUT2D eigenvalue weighted by atomic mass is 9.99. The van der Waals surface area contributed by atoms with E-state index in [0.29, 0.717) is 4.47 Å². The Kier molecular flexibility index (Phi) is 6.32. The van der Waals surface area contributed by atoms with Crippen molar-refractivity contribution in [3.05, 3.63) is 86.4 Å². The van der Waals surface area contributed by atoms with Crippen molar-refractivity contribution in [1.82, 2.24) is 4.98 Å². The first kappa shape index (κ1) is 24.7. The zero-order chi connectivity index (χ0) is 25.7. The second-order valence-electron chi connectivity index (χ2n) is 7.00. The monoisotopic (exact) mass is 575 g/mol. The number of aromatic amines is 1. The first-order chi connectivity index (χ1) is 16.5. The van der Waals surface area contributed by atoms with Crippen molar-refractivity contribution < 1.29 is 39.3 Å². The lowest BCUT2D eigenvalue weighted by molar-refractivity contribution is 0.347. The highest BCUT2D eigenvalue weighted by Gasteiger charge is 2.33. The zero-order valence-corrected chi connectivity index (χ0v) is 19.7. The van der Waals surface area contributed by atoms with E-state index in [9.17, 15) is 35.2 Å². The molecule has 0 bridgehead atoms. The van der Waals surface area contributed by atoms with Gasteiger partial charge in [-0.15, -0.1) is 0 Å². The second-order valence-corrected chi connectivity index (χ2v) is 9.43. The van der Waals surface area contributed by atoms with E-state index in [1.807, 2.05) is 0 Å². The lowest BCUT2D eigenvalue weighted by Crippen LogP contribution is -2.16. The highest BCUT2D eigenvalue weighted by Crippen LogP contribution is 2.41. The molecule has 1 N–H and O–H groups in total. The average Bonchev–Trinajstić information content (AvgIpc) is 2.83. The Hall–Kier alpha value is -3.45. The molecule has 0 spiro atoms. The molecule has 0 atom stereocenters. The molecule has 3 aromatic carbocycles. The van der Waals surface area contributed by atoms with E-state index in [1.54, 1.807) is 6.07 Å². The van der Waals surface area contributed by atoms with Crippen LogP contribution in [0.2, 0.25) is 0 Å². The summed E-state index contributed by atoms with van der Waals surface area (Å²) in [6.07, 6.45) is 0. The molecule has 0 fully saturated rings. The van der Waals surface area contributed by atoms with Crippen LogP contribution in [0.4, 0.5) is 22.0 Å². The number of hydrogen-bond donors (Lipinski definition) is 1. The third-order valence-corrected chi connectivity index (χ3v) is 6.69. The highest BCUT2D eigenvalue weighted by atomic mass is 79.9. The van der Waals surface area contributed by atoms with Gasteiger partial charge in [0, 0.05) is 32.6 Å². The lowest BCUT2D eigenvalue weighted by Gasteiger charge is -2.17. The molecule has 182 valence electrons. The van der Waals surface area contributed by atoms with E-state index in [4.69, 9.17) is 4.74 Å². The van der Waals surface area contributed by atoms with Crippen molar-refractivity contribution in [2.24, 2.45) is 0 Å². The van der Waals surface area contributed by atoms with Gasteiger partial charge >= 0.3 is 10.1 Å². The Morgan fingerprint density at radius 3 is 2.11 bits per heavy atom. The van der Waals surface area contributed by atoms with Gasteiger partial charge in [0.15, 0.2) is 0 Å². The van der Waals surface area contributed by atoms with Gasteiger partial charge in [-0.2, -0.15) is 17.2 Å². The van der Waals surface area contributed by atoms with Crippen LogP contribution < -0.4 is 14.5 Å². The van der Waals surface area contributed by atoms with E-state index in [2.05, 4.69) is 25.1 Å². The molecule has 0 saturated heterocycles. The van der Waals surface area contributed by atoms with Crippen LogP contribution in [0.25, 0.3) is 22.0 Å². The molecule has 13 heteroatoms. The van der Waals surface area contributed by atoms with Crippen molar-refractivity contribution >= 4 is 37.0 Å². The predicted octanol–water partition coefficient (Wildman–Crippen LogP) is 5.43. The van der Waals surface area contributed by atoms with Crippen molar-refractivity contribution in [3.8, 4) is 22.6 Å². The van der Waals surface area contributed by atoms with Gasteiger partial charge in [-0.25, -0.2) is 13.2 Å². The average molecular weight is 576 g/mol. The first-order valence-electron chi connectivity index (χ1n) is 9.42. The summed E-state index contributed by atoms with van der Waals surface area (Å²) >= 11 is 3.26. The van der Waals surface area contributed by atoms with Gasteiger partial charge in [-0.3, -0.25) is 4.79 Å². The minimum Gasteiger partial charge on any atom is -0.496 e. The summed E-state index contributed by atoms with van der Waals surface area (Å²) in [4.78, 5) is 13.6. The molecule has 0 amide bonds. The maximum Gasteiger partial charge on any atom is 0.340 e. The van der Waals surface area contributed by atoms with Gasteiger partial charge in [0.05, 0.1) is 7.11 Å². The summed E-state index contributed by atoms with van der Waals surface area (Å²) in [7, 11) is -3.92. The fraction of sp³-hybridized carbons (Fsp3) is 0.0455. The molecular formula is C22H11BrF5NO5S. The molecule has 4 aromatic rings. The van der Waals surface area contributed by atoms with Crippen LogP contribution in [-0.4, -0.2) is 20.5 Å². The maximum atomic E-state index is 14.2. The Balaban J connectivity index is 2.04. The fourth-order valence-electron chi connectivity index (χ4n) is 3.39. The number of hydrogen-bond acceptors (Lipinski definition) is 5. The second kappa shape index (κ2) is 8.96. The van der Waals surface area contributed by atoms with E-state index in [1.165, 1.54) is 31.4 Å². The number of benzene rings is 3. The summed E-state index contributed by atoms with van der Waals surface area (Å²) in [5.41, 5.74) is -0.289. The molecule has 0 saturated carbocycles. The molecule has 0 radical (unpaired) electrons. The van der Waals surface area contributed by atoms with Crippen molar-refractivity contribution in [3.63, 3.8) is 0 Å². The number of ether oxygens (including phenoxy) is 1. The first-order valence-corrected chi connectivity index (χ1v) is 11.6. The third kappa shape index (κ3) is 4.25. The molecular weight excluding hydrogens is 565 g/mol. The normalized spacial score (nSPS) is 11.6. The van der Waals surface area contributed by atoms with Gasteiger partial charge in [-0.1, -0.05) is 15.9 Å². The Morgan fingerprint density at radius 2 is 1.49 bits per heavy atom. The molecule has 1 aromatic heterocycles. The van der Waals surface area contributed by atoms with Gasteiger partial charge in [-0.05, 0) is 36.4 Å². The number of nitrogens with one attached hydrogen (secondary N) is 1. The number of rotatable bonds is 5. The Labute approximate surface area is 202 Å². The van der Waals surface area contributed by atoms with E-state index in [-0.39, 0.29) is 27.8 Å². The molecule has 0 aliphatic carbocycles. The van der Waals surface area contributed by atoms with Gasteiger partial charge in [0.25, 0.3) is 0 Å². The standard InChI is InChI=1S/C22H11BrF5NO5S/c1-33-13-5-2-9(23)8-11(13)16-10-3-7-15(30)29-12(10)4-6-14(16)35(31,32)34-22-20(27)18(25)17(24)19(26)21(22)28/h2-8H,1H3,(H,29,30). The van der Waals surface area contributed by atoms with Gasteiger partial charge in [0.2, 0.25) is 40.4 Å². The molecule has 0 aliphatic rings. The number of H-pyrrole nitrogens is 1. The maximum absolute atomic E-state index is 14.2. The van der Waals surface area contributed by atoms with Crippen LogP contribution in [0.3, 0.4) is 0 Å². The summed E-state index contributed by atoms with van der Waals surface area (Å²) in [6.45, 7) is 0. The summed E-state index contributed by atoms with van der Waals surface area (Å²) in [5.74, 6) is -14.0. The minimum atomic E-state index is -5.22. The molecule has 4 rings (SSSR count). The number of halogens is 6. The van der Waals surface area contributed by atoms with Crippen LogP contribution in [0, 0.1) is 29.1 Å². The Morgan fingerprint density at radius 1 is 0.857 bits per heavy atom. The van der Waals surface area contributed by atoms with Crippen LogP contribution in [-0.2, 0) is 10.1 Å². The Bertz CT molecular complexity index is 1640. The van der Waals surface area contributed by atoms with E-state index >= 15 is 0 Å². The summed E-state index contributed by atoms with van der Waals surface area (Å²) < 4.78 is 106. The minimum absolute atomic E-state index is 0.124.